The molecule has 0 saturated carbocycles. The summed E-state index contributed by atoms with van der Waals surface area (Å²) in [5.74, 6) is -2.87. The predicted molar refractivity (Wildman–Crippen MR) is 125 cm³/mol. The third-order valence-corrected chi connectivity index (χ3v) is 7.49. The number of carbonyl (C=O) groups excluding carboxylic acids is 3. The van der Waals surface area contributed by atoms with E-state index in [2.05, 4.69) is 10.3 Å². The number of hydrogen-bond donors (Lipinski definition) is 1. The summed E-state index contributed by atoms with van der Waals surface area (Å²) >= 11 is 0. The van der Waals surface area contributed by atoms with Gasteiger partial charge in [0.15, 0.2) is 0 Å². The minimum Gasteiger partial charge on any atom is -0.465 e. The molecule has 1 aromatic heterocycles. The number of hydrogen-bond acceptors (Lipinski definition) is 8. The molecule has 1 spiro atoms. The first-order chi connectivity index (χ1) is 17.5. The molecule has 6 rings (SSSR count). The van der Waals surface area contributed by atoms with Gasteiger partial charge in [0.1, 0.15) is 29.7 Å². The van der Waals surface area contributed by atoms with E-state index >= 15 is 0 Å². The molecule has 2 amide bonds. The average molecular weight is 494 g/mol. The molecule has 11 nitrogen and oxygen atoms in total. The van der Waals surface area contributed by atoms with E-state index in [0.717, 1.165) is 5.52 Å². The van der Waals surface area contributed by atoms with Crippen molar-refractivity contribution in [1.82, 2.24) is 24.8 Å². The van der Waals surface area contributed by atoms with Gasteiger partial charge in [-0.25, -0.2) is 4.68 Å². The number of ether oxygens (including phenoxy) is 2. The second-order valence-corrected chi connectivity index (χ2v) is 9.52. The summed E-state index contributed by atoms with van der Waals surface area (Å²) in [5.41, 5.74) is 0.189. The standard InChI is InChI=1S/C25H27N5O6/c31-13-6-12-29-21-23(33)28(15-30-17-8-2-1-7-16(17)26-27-30)11-5-10-25(21)20(22(29)32)19-18(36-25)9-3-4-14-35-24(19)34/h1-3,5,7-10,18-21,31H,4,6,11-15H2/t18-,19+,20+,21?,25+/m1/s1. The molecule has 36 heavy (non-hydrogen) atoms. The molecule has 0 bridgehead atoms. The second kappa shape index (κ2) is 8.82. The Bertz CT molecular complexity index is 1270. The van der Waals surface area contributed by atoms with Gasteiger partial charge in [-0.2, -0.15) is 0 Å². The van der Waals surface area contributed by atoms with E-state index in [1.165, 1.54) is 4.90 Å². The van der Waals surface area contributed by atoms with Crippen LogP contribution in [0.2, 0.25) is 0 Å². The van der Waals surface area contributed by atoms with E-state index in [1.54, 1.807) is 15.7 Å². The van der Waals surface area contributed by atoms with E-state index in [-0.39, 0.29) is 44.8 Å². The first kappa shape index (κ1) is 22.9. The van der Waals surface area contributed by atoms with Crippen LogP contribution in [0, 0.1) is 11.8 Å². The quantitative estimate of drug-likeness (QED) is 0.464. The number of likely N-dealkylation sites (tertiary alicyclic amines) is 1. The lowest BCUT2D eigenvalue weighted by Crippen LogP contribution is -2.55. The number of aliphatic hydroxyl groups excluding tert-OH is 1. The lowest BCUT2D eigenvalue weighted by atomic mass is 9.78. The SMILES string of the molecule is O=C1OCCC=C[C@H]2O[C@]34C=CCN(Cn5nnc6ccccc65)C(=O)C3N(CCCO)C(=O)[C@@H]4[C@@H]12. The maximum absolute atomic E-state index is 14.1. The molecule has 1 N–H and O–H groups in total. The fraction of sp³-hybridized carbons (Fsp3) is 0.480. The van der Waals surface area contributed by atoms with Gasteiger partial charge < -0.3 is 24.4 Å². The predicted octanol–water partition coefficient (Wildman–Crippen LogP) is 0.254. The highest BCUT2D eigenvalue weighted by atomic mass is 16.6. The summed E-state index contributed by atoms with van der Waals surface area (Å²) in [5, 5.41) is 17.9. The van der Waals surface area contributed by atoms with Crippen LogP contribution >= 0.6 is 0 Å². The highest BCUT2D eigenvalue weighted by Crippen LogP contribution is 2.53. The number of para-hydroxylation sites is 1. The molecule has 4 aliphatic heterocycles. The highest BCUT2D eigenvalue weighted by Gasteiger charge is 2.71. The minimum absolute atomic E-state index is 0.134. The molecule has 11 heteroatoms. The van der Waals surface area contributed by atoms with Crippen molar-refractivity contribution in [2.24, 2.45) is 11.8 Å². The highest BCUT2D eigenvalue weighted by molar-refractivity contribution is 5.99. The van der Waals surface area contributed by atoms with Crippen molar-refractivity contribution in [2.45, 2.75) is 37.3 Å². The molecule has 5 heterocycles. The van der Waals surface area contributed by atoms with Crippen molar-refractivity contribution in [1.29, 1.82) is 0 Å². The van der Waals surface area contributed by atoms with E-state index in [4.69, 9.17) is 9.47 Å². The number of carbonyl (C=O) groups is 3. The van der Waals surface area contributed by atoms with Crippen molar-refractivity contribution >= 4 is 28.8 Å². The van der Waals surface area contributed by atoms with Crippen LogP contribution in [0.3, 0.4) is 0 Å². The number of cyclic esters (lactones) is 1. The van der Waals surface area contributed by atoms with Crippen LogP contribution in [-0.2, 0) is 30.5 Å². The Morgan fingerprint density at radius 3 is 2.86 bits per heavy atom. The van der Waals surface area contributed by atoms with Crippen LogP contribution in [0.4, 0.5) is 0 Å². The molecular formula is C25H27N5O6. The number of nitrogens with zero attached hydrogens (tertiary/aromatic N) is 5. The van der Waals surface area contributed by atoms with Gasteiger partial charge in [-0.05, 0) is 25.0 Å². The molecule has 2 aromatic rings. The van der Waals surface area contributed by atoms with Crippen LogP contribution in [-0.4, -0.2) is 91.7 Å². The molecular weight excluding hydrogens is 466 g/mol. The lowest BCUT2D eigenvalue weighted by molar-refractivity contribution is -0.155. The van der Waals surface area contributed by atoms with Crippen LogP contribution in [0.15, 0.2) is 48.6 Å². The number of rotatable bonds is 5. The smallest absolute Gasteiger partial charge is 0.312 e. The van der Waals surface area contributed by atoms with Crippen LogP contribution in [0.1, 0.15) is 12.8 Å². The van der Waals surface area contributed by atoms with Crippen molar-refractivity contribution in [2.75, 3.05) is 26.3 Å². The van der Waals surface area contributed by atoms with Crippen molar-refractivity contribution in [3.8, 4) is 0 Å². The van der Waals surface area contributed by atoms with Gasteiger partial charge in [-0.3, -0.25) is 14.4 Å². The molecule has 1 aromatic carbocycles. The van der Waals surface area contributed by atoms with Crippen LogP contribution in [0.5, 0.6) is 0 Å². The maximum Gasteiger partial charge on any atom is 0.312 e. The fourth-order valence-electron chi connectivity index (χ4n) is 5.95. The zero-order chi connectivity index (χ0) is 24.9. The minimum atomic E-state index is -1.31. The largest absolute Gasteiger partial charge is 0.465 e. The van der Waals surface area contributed by atoms with Crippen LogP contribution < -0.4 is 0 Å². The maximum atomic E-state index is 14.1. The average Bonchev–Trinajstić information content (AvgIpc) is 3.45. The molecule has 0 aliphatic carbocycles. The van der Waals surface area contributed by atoms with Gasteiger partial charge in [0.05, 0.1) is 24.1 Å². The summed E-state index contributed by atoms with van der Waals surface area (Å²) in [7, 11) is 0. The van der Waals surface area contributed by atoms with Crippen molar-refractivity contribution in [3.63, 3.8) is 0 Å². The first-order valence-corrected chi connectivity index (χ1v) is 12.2. The van der Waals surface area contributed by atoms with Crippen molar-refractivity contribution < 1.29 is 29.0 Å². The molecule has 5 atom stereocenters. The summed E-state index contributed by atoms with van der Waals surface area (Å²) < 4.78 is 13.6. The van der Waals surface area contributed by atoms with Gasteiger partial charge in [0.25, 0.3) is 5.91 Å². The van der Waals surface area contributed by atoms with E-state index in [0.29, 0.717) is 18.4 Å². The molecule has 188 valence electrons. The zero-order valence-corrected chi connectivity index (χ0v) is 19.6. The molecule has 4 aliphatic rings. The van der Waals surface area contributed by atoms with Crippen molar-refractivity contribution in [3.05, 3.63) is 48.6 Å². The van der Waals surface area contributed by atoms with Gasteiger partial charge >= 0.3 is 5.97 Å². The molecule has 1 unspecified atom stereocenters. The van der Waals surface area contributed by atoms with Gasteiger partial charge in [0, 0.05) is 19.7 Å². The summed E-state index contributed by atoms with van der Waals surface area (Å²) in [6.07, 6.45) is 7.48. The number of amides is 2. The Morgan fingerprint density at radius 1 is 1.14 bits per heavy atom. The Kier molecular flexibility index (Phi) is 5.60. The van der Waals surface area contributed by atoms with E-state index in [1.807, 2.05) is 42.5 Å². The Balaban J connectivity index is 1.39. The van der Waals surface area contributed by atoms with Gasteiger partial charge in [-0.1, -0.05) is 41.7 Å². The Labute approximate surface area is 206 Å². The Morgan fingerprint density at radius 2 is 2.00 bits per heavy atom. The summed E-state index contributed by atoms with van der Waals surface area (Å²) in [4.78, 5) is 44.0. The first-order valence-electron chi connectivity index (χ1n) is 12.2. The normalized spacial score (nSPS) is 31.6. The summed E-state index contributed by atoms with van der Waals surface area (Å²) in [6, 6.07) is 6.50. The fourth-order valence-corrected chi connectivity index (χ4v) is 5.95. The number of aromatic nitrogens is 3. The number of aliphatic hydroxyl groups is 1. The van der Waals surface area contributed by atoms with Gasteiger partial charge in [-0.15, -0.1) is 5.10 Å². The van der Waals surface area contributed by atoms with Gasteiger partial charge in [0.2, 0.25) is 5.91 Å². The molecule has 2 saturated heterocycles. The van der Waals surface area contributed by atoms with E-state index < -0.39 is 35.6 Å². The summed E-state index contributed by atoms with van der Waals surface area (Å²) in [6.45, 7) is 0.684. The number of esters is 1. The lowest BCUT2D eigenvalue weighted by Gasteiger charge is -2.35. The Hall–Kier alpha value is -3.57. The monoisotopic (exact) mass is 493 g/mol. The number of benzene rings is 1. The third kappa shape index (κ3) is 3.37. The second-order valence-electron chi connectivity index (χ2n) is 9.52. The zero-order valence-electron chi connectivity index (χ0n) is 19.6. The molecule has 2 fully saturated rings. The number of fused-ring (bicyclic) bond motifs is 3. The van der Waals surface area contributed by atoms with Crippen LogP contribution in [0.25, 0.3) is 11.0 Å². The molecule has 0 radical (unpaired) electrons. The third-order valence-electron chi connectivity index (χ3n) is 7.49. The van der Waals surface area contributed by atoms with E-state index in [9.17, 15) is 19.5 Å². The topological polar surface area (TPSA) is 127 Å².